The van der Waals surface area contributed by atoms with E-state index in [9.17, 15) is 9.18 Å². The lowest BCUT2D eigenvalue weighted by molar-refractivity contribution is -0.133. The van der Waals surface area contributed by atoms with E-state index in [1.807, 2.05) is 42.2 Å². The number of aromatic nitrogens is 4. The Morgan fingerprint density at radius 2 is 1.77 bits per heavy atom. The van der Waals surface area contributed by atoms with Crippen molar-refractivity contribution in [3.63, 3.8) is 0 Å². The molecule has 1 saturated heterocycles. The summed E-state index contributed by atoms with van der Waals surface area (Å²) >= 11 is 0. The summed E-state index contributed by atoms with van der Waals surface area (Å²) < 4.78 is 21.1. The molecule has 0 radical (unpaired) electrons. The molecule has 1 aliphatic rings. The van der Waals surface area contributed by atoms with Crippen LogP contribution in [-0.2, 0) is 11.2 Å². The fourth-order valence-electron chi connectivity index (χ4n) is 4.86. The highest BCUT2D eigenvalue weighted by Crippen LogP contribution is 2.30. The van der Waals surface area contributed by atoms with Gasteiger partial charge < -0.3 is 14.5 Å². The molecule has 2 aromatic heterocycles. The molecule has 0 saturated carbocycles. The van der Waals surface area contributed by atoms with Gasteiger partial charge in [-0.3, -0.25) is 4.79 Å². The molecule has 204 valence electrons. The van der Waals surface area contributed by atoms with Crippen molar-refractivity contribution in [1.82, 2.24) is 24.6 Å². The topological polar surface area (TPSA) is 76.4 Å². The maximum absolute atomic E-state index is 13.6. The summed E-state index contributed by atoms with van der Waals surface area (Å²) in [6.45, 7) is 9.00. The summed E-state index contributed by atoms with van der Waals surface area (Å²) in [4.78, 5) is 27.0. The number of benzene rings is 2. The van der Waals surface area contributed by atoms with E-state index in [4.69, 9.17) is 19.8 Å². The van der Waals surface area contributed by atoms with Crippen LogP contribution in [0.3, 0.4) is 0 Å². The lowest BCUT2D eigenvalue weighted by Crippen LogP contribution is -2.38. The highest BCUT2D eigenvalue weighted by Gasteiger charge is 2.25. The predicted molar refractivity (Wildman–Crippen MR) is 150 cm³/mol. The molecule has 1 amide bonds. The largest absolute Gasteiger partial charge is 0.484 e. The summed E-state index contributed by atoms with van der Waals surface area (Å²) in [5, 5.41) is 5.67. The smallest absolute Gasteiger partial charge is 0.260 e. The SMILES string of the molecule is Cc1nn(-c2ccc(F)cc2)c2nc(CCC(C)C)nc(N3CCCN(C(=O)COc4ccccc4)CC3)c12. The Balaban J connectivity index is 1.42. The molecular formula is C30H35FN6O2. The number of carbonyl (C=O) groups excluding carboxylic acids is 1. The third-order valence-corrected chi connectivity index (χ3v) is 7.00. The number of ether oxygens (including phenoxy) is 1. The number of anilines is 1. The van der Waals surface area contributed by atoms with Gasteiger partial charge in [0.1, 0.15) is 23.2 Å². The number of aryl methyl sites for hydroxylation is 2. The van der Waals surface area contributed by atoms with Crippen LogP contribution in [0.2, 0.25) is 0 Å². The molecule has 0 aliphatic carbocycles. The number of carbonyl (C=O) groups is 1. The van der Waals surface area contributed by atoms with Crippen LogP contribution in [0.1, 0.15) is 38.2 Å². The van der Waals surface area contributed by atoms with Crippen molar-refractivity contribution in [1.29, 1.82) is 0 Å². The van der Waals surface area contributed by atoms with Gasteiger partial charge in [-0.15, -0.1) is 0 Å². The Morgan fingerprint density at radius 3 is 2.51 bits per heavy atom. The van der Waals surface area contributed by atoms with E-state index < -0.39 is 0 Å². The molecule has 0 N–H and O–H groups in total. The van der Waals surface area contributed by atoms with Gasteiger partial charge in [0.15, 0.2) is 12.3 Å². The standard InChI is InChI=1S/C30H35FN6O2/c1-21(2)10-15-26-32-29(28-22(3)34-37(30(28)33-26)24-13-11-23(31)12-14-24)36-17-7-16-35(18-19-36)27(38)20-39-25-8-5-4-6-9-25/h4-6,8-9,11-14,21H,7,10,15-20H2,1-3H3. The fraction of sp³-hybridized carbons (Fsp3) is 0.400. The van der Waals surface area contributed by atoms with Gasteiger partial charge in [0.05, 0.1) is 16.8 Å². The Hall–Kier alpha value is -4.01. The first kappa shape index (κ1) is 26.6. The average Bonchev–Trinajstić information content (AvgIpc) is 3.10. The Bertz CT molecular complexity index is 1420. The Labute approximate surface area is 228 Å². The number of nitrogens with zero attached hydrogens (tertiary/aromatic N) is 6. The molecule has 4 aromatic rings. The first-order valence-corrected chi connectivity index (χ1v) is 13.6. The molecule has 2 aromatic carbocycles. The van der Waals surface area contributed by atoms with Gasteiger partial charge >= 0.3 is 0 Å². The molecule has 3 heterocycles. The molecule has 0 atom stereocenters. The van der Waals surface area contributed by atoms with E-state index in [1.165, 1.54) is 12.1 Å². The molecule has 5 rings (SSSR count). The molecule has 8 nitrogen and oxygen atoms in total. The number of hydrogen-bond donors (Lipinski definition) is 0. The molecule has 9 heteroatoms. The minimum atomic E-state index is -0.294. The second kappa shape index (κ2) is 11.8. The Morgan fingerprint density at radius 1 is 1.00 bits per heavy atom. The van der Waals surface area contributed by atoms with Crippen molar-refractivity contribution in [2.75, 3.05) is 37.7 Å². The summed E-state index contributed by atoms with van der Waals surface area (Å²) in [5.41, 5.74) is 2.28. The number of fused-ring (bicyclic) bond motifs is 1. The highest BCUT2D eigenvalue weighted by molar-refractivity contribution is 5.91. The maximum Gasteiger partial charge on any atom is 0.260 e. The molecule has 0 spiro atoms. The van der Waals surface area contributed by atoms with Crippen molar-refractivity contribution in [2.45, 2.75) is 40.0 Å². The van der Waals surface area contributed by atoms with Crippen molar-refractivity contribution < 1.29 is 13.9 Å². The van der Waals surface area contributed by atoms with Crippen LogP contribution >= 0.6 is 0 Å². The molecule has 0 unspecified atom stereocenters. The van der Waals surface area contributed by atoms with E-state index in [2.05, 4.69) is 18.7 Å². The molecule has 1 fully saturated rings. The number of halogens is 1. The number of hydrogen-bond acceptors (Lipinski definition) is 6. The molecule has 0 bridgehead atoms. The lowest BCUT2D eigenvalue weighted by atomic mass is 10.1. The summed E-state index contributed by atoms with van der Waals surface area (Å²) in [6.07, 6.45) is 2.54. The highest BCUT2D eigenvalue weighted by atomic mass is 19.1. The van der Waals surface area contributed by atoms with Crippen LogP contribution < -0.4 is 9.64 Å². The number of para-hydroxylation sites is 1. The van der Waals surface area contributed by atoms with Crippen LogP contribution in [0.15, 0.2) is 54.6 Å². The third-order valence-electron chi connectivity index (χ3n) is 7.00. The zero-order valence-electron chi connectivity index (χ0n) is 22.8. The minimum Gasteiger partial charge on any atom is -0.484 e. The second-order valence-electron chi connectivity index (χ2n) is 10.4. The summed E-state index contributed by atoms with van der Waals surface area (Å²) in [5.74, 6) is 2.51. The van der Waals surface area contributed by atoms with Crippen molar-refractivity contribution >= 4 is 22.8 Å². The normalized spacial score (nSPS) is 14.2. The van der Waals surface area contributed by atoms with Gasteiger partial charge in [0, 0.05) is 32.6 Å². The zero-order chi connectivity index (χ0) is 27.4. The van der Waals surface area contributed by atoms with Gasteiger partial charge in [-0.05, 0) is 62.1 Å². The van der Waals surface area contributed by atoms with Crippen molar-refractivity contribution in [3.05, 3.63) is 71.9 Å². The van der Waals surface area contributed by atoms with Crippen LogP contribution in [0.4, 0.5) is 10.2 Å². The van der Waals surface area contributed by atoms with Gasteiger partial charge in [0.2, 0.25) is 0 Å². The maximum atomic E-state index is 13.6. The Kier molecular flexibility index (Phi) is 8.05. The average molecular weight is 531 g/mol. The van der Waals surface area contributed by atoms with Crippen LogP contribution in [0, 0.1) is 18.7 Å². The molecule has 1 aliphatic heterocycles. The minimum absolute atomic E-state index is 0.0185. The zero-order valence-corrected chi connectivity index (χ0v) is 22.8. The summed E-state index contributed by atoms with van der Waals surface area (Å²) in [7, 11) is 0. The van der Waals surface area contributed by atoms with E-state index in [0.29, 0.717) is 31.3 Å². The van der Waals surface area contributed by atoms with Gasteiger partial charge in [0.25, 0.3) is 5.91 Å². The van der Waals surface area contributed by atoms with Gasteiger partial charge in [-0.2, -0.15) is 5.10 Å². The first-order valence-electron chi connectivity index (χ1n) is 13.6. The van der Waals surface area contributed by atoms with Crippen molar-refractivity contribution in [2.24, 2.45) is 5.92 Å². The van der Waals surface area contributed by atoms with Gasteiger partial charge in [-0.25, -0.2) is 19.0 Å². The summed E-state index contributed by atoms with van der Waals surface area (Å²) in [6, 6.07) is 15.7. The fourth-order valence-corrected chi connectivity index (χ4v) is 4.86. The van der Waals surface area contributed by atoms with E-state index in [0.717, 1.165) is 59.9 Å². The van der Waals surface area contributed by atoms with E-state index in [1.54, 1.807) is 16.8 Å². The van der Waals surface area contributed by atoms with Gasteiger partial charge in [-0.1, -0.05) is 32.0 Å². The van der Waals surface area contributed by atoms with Crippen LogP contribution in [0.5, 0.6) is 5.75 Å². The quantitative estimate of drug-likeness (QED) is 0.320. The third kappa shape index (κ3) is 6.19. The second-order valence-corrected chi connectivity index (χ2v) is 10.4. The van der Waals surface area contributed by atoms with E-state index >= 15 is 0 Å². The number of amides is 1. The lowest BCUT2D eigenvalue weighted by Gasteiger charge is -2.24. The van der Waals surface area contributed by atoms with Crippen molar-refractivity contribution in [3.8, 4) is 11.4 Å². The first-order chi connectivity index (χ1) is 18.9. The predicted octanol–water partition coefficient (Wildman–Crippen LogP) is 4.97. The van der Waals surface area contributed by atoms with Crippen LogP contribution in [-0.4, -0.2) is 63.3 Å². The monoisotopic (exact) mass is 530 g/mol. The van der Waals surface area contributed by atoms with E-state index in [-0.39, 0.29) is 18.3 Å². The molecular weight excluding hydrogens is 495 g/mol. The number of rotatable bonds is 8. The van der Waals surface area contributed by atoms with Crippen LogP contribution in [0.25, 0.3) is 16.7 Å². The molecule has 39 heavy (non-hydrogen) atoms.